The number of pyridine rings is 1. The van der Waals surface area contributed by atoms with Gasteiger partial charge in [-0.3, -0.25) is 4.98 Å². The van der Waals surface area contributed by atoms with Gasteiger partial charge in [0.05, 0.1) is 5.69 Å². The van der Waals surface area contributed by atoms with Crippen molar-refractivity contribution in [1.82, 2.24) is 20.3 Å². The molecule has 0 amide bonds. The third kappa shape index (κ3) is 4.90. The fraction of sp³-hybridized carbons (Fsp3) is 0.571. The highest BCUT2D eigenvalue weighted by Crippen LogP contribution is 2.23. The highest BCUT2D eigenvalue weighted by Gasteiger charge is 2.22. The van der Waals surface area contributed by atoms with Gasteiger partial charge in [0.25, 0.3) is 0 Å². The number of rotatable bonds is 7. The Morgan fingerprint density at radius 1 is 1.04 bits per heavy atom. The minimum Gasteiger partial charge on any atom is -0.383 e. The molecule has 0 aliphatic carbocycles. The average Bonchev–Trinajstić information content (AvgIpc) is 3.27. The molecule has 2 aromatic heterocycles. The van der Waals surface area contributed by atoms with Crippen molar-refractivity contribution in [2.45, 2.75) is 38.6 Å². The van der Waals surface area contributed by atoms with Crippen LogP contribution in [0.4, 0.5) is 17.5 Å². The van der Waals surface area contributed by atoms with Crippen LogP contribution in [0.15, 0.2) is 30.6 Å². The second-order valence-corrected chi connectivity index (χ2v) is 7.75. The van der Waals surface area contributed by atoms with Crippen LogP contribution in [0.25, 0.3) is 0 Å². The molecule has 28 heavy (non-hydrogen) atoms. The van der Waals surface area contributed by atoms with Crippen LogP contribution in [0.1, 0.15) is 31.4 Å². The van der Waals surface area contributed by atoms with E-state index in [0.717, 1.165) is 75.3 Å². The number of aryl methyl sites for hydroxylation is 1. The molecule has 7 nitrogen and oxygen atoms in total. The zero-order valence-electron chi connectivity index (χ0n) is 16.8. The standard InChI is InChI=1S/C21H31N7/c1-17-15-20(26-21(25-17)28-11-2-3-12-28)27-13-6-18(7-14-27)23-9-10-24-19-5-4-8-22-16-19/h4-5,8,15-16,18,23-24H,2-3,6-7,9-14H2,1H3. The first-order valence-corrected chi connectivity index (χ1v) is 10.5. The number of anilines is 3. The van der Waals surface area contributed by atoms with Gasteiger partial charge in [-0.1, -0.05) is 0 Å². The number of nitrogens with zero attached hydrogens (tertiary/aromatic N) is 5. The summed E-state index contributed by atoms with van der Waals surface area (Å²) in [7, 11) is 0. The molecule has 0 unspecified atom stereocenters. The molecule has 2 aliphatic heterocycles. The summed E-state index contributed by atoms with van der Waals surface area (Å²) in [4.78, 5) is 18.4. The predicted molar refractivity (Wildman–Crippen MR) is 114 cm³/mol. The van der Waals surface area contributed by atoms with Crippen molar-refractivity contribution in [3.8, 4) is 0 Å². The van der Waals surface area contributed by atoms with Crippen LogP contribution in [0.2, 0.25) is 0 Å². The molecule has 150 valence electrons. The number of piperidine rings is 1. The Morgan fingerprint density at radius 3 is 2.61 bits per heavy atom. The van der Waals surface area contributed by atoms with E-state index in [1.165, 1.54) is 12.8 Å². The van der Waals surface area contributed by atoms with Crippen LogP contribution in [0.5, 0.6) is 0 Å². The molecular weight excluding hydrogens is 350 g/mol. The SMILES string of the molecule is Cc1cc(N2CCC(NCCNc3cccnc3)CC2)nc(N2CCCC2)n1. The zero-order valence-corrected chi connectivity index (χ0v) is 16.8. The van der Waals surface area contributed by atoms with Gasteiger partial charge in [-0.25, -0.2) is 4.98 Å². The largest absolute Gasteiger partial charge is 0.383 e. The smallest absolute Gasteiger partial charge is 0.227 e. The van der Waals surface area contributed by atoms with Gasteiger partial charge >= 0.3 is 0 Å². The van der Waals surface area contributed by atoms with E-state index in [-0.39, 0.29) is 0 Å². The number of hydrogen-bond donors (Lipinski definition) is 2. The molecule has 0 atom stereocenters. The van der Waals surface area contributed by atoms with Gasteiger partial charge in [0.2, 0.25) is 5.95 Å². The quantitative estimate of drug-likeness (QED) is 0.714. The summed E-state index contributed by atoms with van der Waals surface area (Å²) in [5.74, 6) is 2.00. The molecule has 0 aromatic carbocycles. The Labute approximate surface area is 167 Å². The lowest BCUT2D eigenvalue weighted by molar-refractivity contribution is 0.420. The Hall–Kier alpha value is -2.41. The molecule has 2 aliphatic rings. The van der Waals surface area contributed by atoms with E-state index in [2.05, 4.69) is 43.4 Å². The van der Waals surface area contributed by atoms with E-state index in [4.69, 9.17) is 4.98 Å². The Morgan fingerprint density at radius 2 is 1.86 bits per heavy atom. The van der Waals surface area contributed by atoms with E-state index in [1.54, 1.807) is 6.20 Å². The molecule has 4 heterocycles. The summed E-state index contributed by atoms with van der Waals surface area (Å²) in [6.07, 6.45) is 8.45. The lowest BCUT2D eigenvalue weighted by Gasteiger charge is -2.33. The van der Waals surface area contributed by atoms with Gasteiger partial charge in [-0.15, -0.1) is 0 Å². The Kier molecular flexibility index (Phi) is 6.21. The highest BCUT2D eigenvalue weighted by molar-refractivity contribution is 5.46. The second-order valence-electron chi connectivity index (χ2n) is 7.75. The van der Waals surface area contributed by atoms with Crippen LogP contribution in [0.3, 0.4) is 0 Å². The van der Waals surface area contributed by atoms with Crippen molar-refractivity contribution in [3.05, 3.63) is 36.3 Å². The van der Waals surface area contributed by atoms with E-state index < -0.39 is 0 Å². The van der Waals surface area contributed by atoms with E-state index >= 15 is 0 Å². The molecule has 2 fully saturated rings. The van der Waals surface area contributed by atoms with Crippen molar-refractivity contribution in [2.24, 2.45) is 0 Å². The third-order valence-corrected chi connectivity index (χ3v) is 5.59. The van der Waals surface area contributed by atoms with Crippen molar-refractivity contribution in [3.63, 3.8) is 0 Å². The lowest BCUT2D eigenvalue weighted by Crippen LogP contribution is -2.44. The molecule has 2 aromatic rings. The van der Waals surface area contributed by atoms with Gasteiger partial charge in [-0.05, 0) is 44.7 Å². The third-order valence-electron chi connectivity index (χ3n) is 5.59. The minimum atomic E-state index is 0.577. The monoisotopic (exact) mass is 381 g/mol. The van der Waals surface area contributed by atoms with Gasteiger partial charge in [0.1, 0.15) is 5.82 Å². The van der Waals surface area contributed by atoms with E-state index in [1.807, 2.05) is 18.3 Å². The molecular formula is C21H31N7. The predicted octanol–water partition coefficient (Wildman–Crippen LogP) is 2.45. The van der Waals surface area contributed by atoms with Crippen molar-refractivity contribution >= 4 is 17.5 Å². The van der Waals surface area contributed by atoms with Crippen LogP contribution < -0.4 is 20.4 Å². The molecule has 0 spiro atoms. The maximum absolute atomic E-state index is 4.88. The van der Waals surface area contributed by atoms with Crippen molar-refractivity contribution < 1.29 is 0 Å². The summed E-state index contributed by atoms with van der Waals surface area (Å²) in [6.45, 7) is 8.22. The van der Waals surface area contributed by atoms with Crippen LogP contribution in [-0.4, -0.2) is 60.3 Å². The Bertz CT molecular complexity index is 738. The minimum absolute atomic E-state index is 0.577. The van der Waals surface area contributed by atoms with Gasteiger partial charge < -0.3 is 20.4 Å². The first-order chi connectivity index (χ1) is 13.8. The molecule has 0 saturated carbocycles. The van der Waals surface area contributed by atoms with Gasteiger partial charge in [0, 0.05) is 69.5 Å². The normalized spacial score (nSPS) is 17.9. The fourth-order valence-corrected chi connectivity index (χ4v) is 4.02. The maximum atomic E-state index is 4.88. The summed E-state index contributed by atoms with van der Waals surface area (Å²) >= 11 is 0. The topological polar surface area (TPSA) is 69.2 Å². The van der Waals surface area contributed by atoms with E-state index in [9.17, 15) is 0 Å². The first-order valence-electron chi connectivity index (χ1n) is 10.5. The molecule has 0 bridgehead atoms. The van der Waals surface area contributed by atoms with Gasteiger partial charge in [-0.2, -0.15) is 4.98 Å². The number of nitrogens with one attached hydrogen (secondary N) is 2. The van der Waals surface area contributed by atoms with Crippen LogP contribution >= 0.6 is 0 Å². The fourth-order valence-electron chi connectivity index (χ4n) is 4.02. The van der Waals surface area contributed by atoms with Crippen molar-refractivity contribution in [2.75, 3.05) is 54.4 Å². The van der Waals surface area contributed by atoms with Crippen LogP contribution in [-0.2, 0) is 0 Å². The molecule has 4 rings (SSSR count). The molecule has 7 heteroatoms. The first kappa shape index (κ1) is 18.9. The van der Waals surface area contributed by atoms with Gasteiger partial charge in [0.15, 0.2) is 0 Å². The molecule has 0 radical (unpaired) electrons. The molecule has 2 N–H and O–H groups in total. The number of hydrogen-bond acceptors (Lipinski definition) is 7. The summed E-state index contributed by atoms with van der Waals surface area (Å²) in [5.41, 5.74) is 2.14. The summed E-state index contributed by atoms with van der Waals surface area (Å²) in [5, 5.41) is 7.08. The van der Waals surface area contributed by atoms with E-state index in [0.29, 0.717) is 6.04 Å². The average molecular weight is 382 g/mol. The lowest BCUT2D eigenvalue weighted by atomic mass is 10.1. The summed E-state index contributed by atoms with van der Waals surface area (Å²) in [6, 6.07) is 6.71. The maximum Gasteiger partial charge on any atom is 0.227 e. The number of aromatic nitrogens is 3. The highest BCUT2D eigenvalue weighted by atomic mass is 15.3. The Balaban J connectivity index is 1.24. The summed E-state index contributed by atoms with van der Waals surface area (Å²) < 4.78 is 0. The second kappa shape index (κ2) is 9.19. The van der Waals surface area contributed by atoms with Crippen molar-refractivity contribution in [1.29, 1.82) is 0 Å². The van der Waals surface area contributed by atoms with Crippen LogP contribution in [0, 0.1) is 6.92 Å². The molecule has 2 saturated heterocycles. The zero-order chi connectivity index (χ0) is 19.2.